The van der Waals surface area contributed by atoms with E-state index in [0.717, 1.165) is 11.3 Å². The molecule has 2 aromatic rings. The number of benzene rings is 1. The fraction of sp³-hybridized carbons (Fsp3) is 0.143. The van der Waals surface area contributed by atoms with Crippen LogP contribution in [-0.4, -0.2) is 22.6 Å². The smallest absolute Gasteiger partial charge is 0.335 e. The minimum Gasteiger partial charge on any atom is -0.478 e. The van der Waals surface area contributed by atoms with Crippen LogP contribution in [0.5, 0.6) is 0 Å². The predicted octanol–water partition coefficient (Wildman–Crippen LogP) is 2.43. The number of carboxylic acids is 1. The maximum Gasteiger partial charge on any atom is 0.335 e. The molecule has 1 aromatic heterocycles. The Morgan fingerprint density at radius 1 is 1.17 bits per heavy atom. The number of hydrogen-bond acceptors (Lipinski definition) is 3. The second-order valence-electron chi connectivity index (χ2n) is 3.87. The van der Waals surface area contributed by atoms with Crippen LogP contribution >= 0.6 is 0 Å². The third-order valence-corrected chi connectivity index (χ3v) is 2.65. The van der Waals surface area contributed by atoms with E-state index >= 15 is 0 Å². The SMILES string of the molecule is O=C(O)c1ccccc1CCNc1ccncc1. The van der Waals surface area contributed by atoms with Crippen molar-refractivity contribution in [3.63, 3.8) is 0 Å². The summed E-state index contributed by atoms with van der Waals surface area (Å²) in [4.78, 5) is 15.0. The summed E-state index contributed by atoms with van der Waals surface area (Å²) >= 11 is 0. The van der Waals surface area contributed by atoms with E-state index in [4.69, 9.17) is 5.11 Å². The topological polar surface area (TPSA) is 62.2 Å². The highest BCUT2D eigenvalue weighted by atomic mass is 16.4. The van der Waals surface area contributed by atoms with E-state index in [9.17, 15) is 4.79 Å². The number of carboxylic acid groups (broad SMARTS) is 1. The lowest BCUT2D eigenvalue weighted by atomic mass is 10.0. The molecule has 0 saturated carbocycles. The van der Waals surface area contributed by atoms with Crippen molar-refractivity contribution in [2.75, 3.05) is 11.9 Å². The molecule has 0 amide bonds. The van der Waals surface area contributed by atoms with Crippen LogP contribution in [0.15, 0.2) is 48.8 Å². The number of nitrogens with zero attached hydrogens (tertiary/aromatic N) is 1. The summed E-state index contributed by atoms with van der Waals surface area (Å²) < 4.78 is 0. The number of aromatic nitrogens is 1. The lowest BCUT2D eigenvalue weighted by Crippen LogP contribution is -2.09. The molecule has 4 heteroatoms. The fourth-order valence-corrected chi connectivity index (χ4v) is 1.76. The Labute approximate surface area is 105 Å². The van der Waals surface area contributed by atoms with Crippen molar-refractivity contribution in [3.8, 4) is 0 Å². The third-order valence-electron chi connectivity index (χ3n) is 2.65. The van der Waals surface area contributed by atoms with Crippen molar-refractivity contribution in [2.45, 2.75) is 6.42 Å². The molecule has 18 heavy (non-hydrogen) atoms. The highest BCUT2D eigenvalue weighted by Crippen LogP contribution is 2.10. The van der Waals surface area contributed by atoms with Crippen LogP contribution < -0.4 is 5.32 Å². The molecule has 92 valence electrons. The van der Waals surface area contributed by atoms with Crippen molar-refractivity contribution in [2.24, 2.45) is 0 Å². The Bertz CT molecular complexity index is 526. The van der Waals surface area contributed by atoms with Gasteiger partial charge in [-0.2, -0.15) is 0 Å². The number of hydrogen-bond donors (Lipinski definition) is 2. The number of anilines is 1. The van der Waals surface area contributed by atoms with Gasteiger partial charge in [-0.05, 0) is 30.2 Å². The van der Waals surface area contributed by atoms with E-state index in [1.165, 1.54) is 0 Å². The van der Waals surface area contributed by atoms with Crippen molar-refractivity contribution in [1.29, 1.82) is 0 Å². The van der Waals surface area contributed by atoms with Crippen LogP contribution in [0.4, 0.5) is 5.69 Å². The second kappa shape index (κ2) is 5.82. The van der Waals surface area contributed by atoms with E-state index in [1.807, 2.05) is 24.3 Å². The monoisotopic (exact) mass is 242 g/mol. The molecule has 0 spiro atoms. The first kappa shape index (κ1) is 12.1. The summed E-state index contributed by atoms with van der Waals surface area (Å²) in [5.41, 5.74) is 2.19. The van der Waals surface area contributed by atoms with Gasteiger partial charge in [0.1, 0.15) is 0 Å². The minimum absolute atomic E-state index is 0.369. The zero-order valence-electron chi connectivity index (χ0n) is 9.84. The molecule has 2 N–H and O–H groups in total. The Morgan fingerprint density at radius 2 is 1.89 bits per heavy atom. The third kappa shape index (κ3) is 3.07. The summed E-state index contributed by atoms with van der Waals surface area (Å²) in [7, 11) is 0. The Kier molecular flexibility index (Phi) is 3.91. The van der Waals surface area contributed by atoms with Crippen molar-refractivity contribution < 1.29 is 9.90 Å². The number of pyridine rings is 1. The predicted molar refractivity (Wildman–Crippen MR) is 69.8 cm³/mol. The maximum atomic E-state index is 11.0. The largest absolute Gasteiger partial charge is 0.478 e. The van der Waals surface area contributed by atoms with Crippen LogP contribution in [0.2, 0.25) is 0 Å². The van der Waals surface area contributed by atoms with Gasteiger partial charge in [-0.3, -0.25) is 4.98 Å². The summed E-state index contributed by atoms with van der Waals surface area (Å²) in [6, 6.07) is 10.8. The molecule has 1 aromatic carbocycles. The van der Waals surface area contributed by atoms with Gasteiger partial charge >= 0.3 is 5.97 Å². The van der Waals surface area contributed by atoms with Gasteiger partial charge in [-0.15, -0.1) is 0 Å². The maximum absolute atomic E-state index is 11.0. The molecular formula is C14H14N2O2. The minimum atomic E-state index is -0.880. The van der Waals surface area contributed by atoms with Gasteiger partial charge in [-0.1, -0.05) is 18.2 Å². The Hall–Kier alpha value is -2.36. The summed E-state index contributed by atoms with van der Waals surface area (Å²) in [5, 5.41) is 12.3. The van der Waals surface area contributed by atoms with E-state index < -0.39 is 5.97 Å². The molecule has 0 unspecified atom stereocenters. The van der Waals surface area contributed by atoms with Gasteiger partial charge in [0.15, 0.2) is 0 Å². The zero-order valence-corrected chi connectivity index (χ0v) is 9.84. The standard InChI is InChI=1S/C14H14N2O2/c17-14(18)13-4-2-1-3-11(13)5-10-16-12-6-8-15-9-7-12/h1-4,6-9H,5,10H2,(H,15,16)(H,17,18). The van der Waals surface area contributed by atoms with Gasteiger partial charge in [0, 0.05) is 24.6 Å². The highest BCUT2D eigenvalue weighted by Gasteiger charge is 2.07. The number of nitrogens with one attached hydrogen (secondary N) is 1. The molecule has 1 heterocycles. The molecule has 0 saturated heterocycles. The van der Waals surface area contributed by atoms with Crippen LogP contribution in [0.25, 0.3) is 0 Å². The molecule has 0 bridgehead atoms. The molecule has 0 aliphatic carbocycles. The van der Waals surface area contributed by atoms with Crippen LogP contribution in [-0.2, 0) is 6.42 Å². The Balaban J connectivity index is 1.97. The zero-order chi connectivity index (χ0) is 12.8. The highest BCUT2D eigenvalue weighted by molar-refractivity contribution is 5.89. The van der Waals surface area contributed by atoms with E-state index in [0.29, 0.717) is 18.5 Å². The fourth-order valence-electron chi connectivity index (χ4n) is 1.76. The molecule has 0 aliphatic heterocycles. The quantitative estimate of drug-likeness (QED) is 0.845. The average molecular weight is 242 g/mol. The van der Waals surface area contributed by atoms with Gasteiger partial charge < -0.3 is 10.4 Å². The molecule has 0 radical (unpaired) electrons. The van der Waals surface area contributed by atoms with Gasteiger partial charge in [0.25, 0.3) is 0 Å². The average Bonchev–Trinajstić information content (AvgIpc) is 2.40. The first-order valence-electron chi connectivity index (χ1n) is 5.72. The summed E-state index contributed by atoms with van der Waals surface area (Å²) in [6.45, 7) is 0.689. The van der Waals surface area contributed by atoms with Crippen LogP contribution in [0.1, 0.15) is 15.9 Å². The lowest BCUT2D eigenvalue weighted by molar-refractivity contribution is 0.0696. The Morgan fingerprint density at radius 3 is 2.61 bits per heavy atom. The van der Waals surface area contributed by atoms with Crippen LogP contribution in [0.3, 0.4) is 0 Å². The molecule has 4 nitrogen and oxygen atoms in total. The molecule has 0 atom stereocenters. The van der Waals surface area contributed by atoms with E-state index in [1.54, 1.807) is 24.5 Å². The van der Waals surface area contributed by atoms with Gasteiger partial charge in [0.2, 0.25) is 0 Å². The second-order valence-corrected chi connectivity index (χ2v) is 3.87. The molecule has 2 rings (SSSR count). The number of carbonyl (C=O) groups is 1. The van der Waals surface area contributed by atoms with E-state index in [-0.39, 0.29) is 0 Å². The van der Waals surface area contributed by atoms with Crippen molar-refractivity contribution in [1.82, 2.24) is 4.98 Å². The molecule has 0 fully saturated rings. The number of aromatic carboxylic acids is 1. The molecule has 0 aliphatic rings. The van der Waals surface area contributed by atoms with E-state index in [2.05, 4.69) is 10.3 Å². The first-order valence-corrected chi connectivity index (χ1v) is 5.72. The van der Waals surface area contributed by atoms with Crippen molar-refractivity contribution in [3.05, 3.63) is 59.9 Å². The summed E-state index contributed by atoms with van der Waals surface area (Å²) in [6.07, 6.45) is 4.10. The summed E-state index contributed by atoms with van der Waals surface area (Å²) in [5.74, 6) is -0.880. The lowest BCUT2D eigenvalue weighted by Gasteiger charge is -2.08. The van der Waals surface area contributed by atoms with Gasteiger partial charge in [-0.25, -0.2) is 4.79 Å². The first-order chi connectivity index (χ1) is 8.77. The van der Waals surface area contributed by atoms with Gasteiger partial charge in [0.05, 0.1) is 5.56 Å². The molecular weight excluding hydrogens is 228 g/mol. The van der Waals surface area contributed by atoms with Crippen LogP contribution in [0, 0.1) is 0 Å². The number of rotatable bonds is 5. The normalized spacial score (nSPS) is 10.0. The van der Waals surface area contributed by atoms with Crippen molar-refractivity contribution >= 4 is 11.7 Å².